The lowest BCUT2D eigenvalue weighted by molar-refractivity contribution is -0.117. The standard InChI is InChI=1S/C13H19N3O2/c17-13(10-4-5-10)15-11-7-14-16(8-11)9-12-3-1-2-6-18-12/h7-8,10,12H,1-6,9H2,(H,15,17)/t12-/m1/s1. The van der Waals surface area contributed by atoms with Gasteiger partial charge in [-0.05, 0) is 32.1 Å². The molecule has 1 aliphatic carbocycles. The van der Waals surface area contributed by atoms with E-state index in [1.165, 1.54) is 6.42 Å². The molecule has 0 bridgehead atoms. The van der Waals surface area contributed by atoms with Gasteiger partial charge in [-0.2, -0.15) is 5.10 Å². The van der Waals surface area contributed by atoms with E-state index in [4.69, 9.17) is 4.74 Å². The lowest BCUT2D eigenvalue weighted by Crippen LogP contribution is -2.24. The molecule has 2 aliphatic rings. The number of nitrogens with one attached hydrogen (secondary N) is 1. The summed E-state index contributed by atoms with van der Waals surface area (Å²) in [5.74, 6) is 0.360. The van der Waals surface area contributed by atoms with Crippen LogP contribution in [0.2, 0.25) is 0 Å². The van der Waals surface area contributed by atoms with Gasteiger partial charge in [0.25, 0.3) is 0 Å². The van der Waals surface area contributed by atoms with Crippen LogP contribution in [-0.4, -0.2) is 28.4 Å². The van der Waals surface area contributed by atoms with Crippen LogP contribution in [0.25, 0.3) is 0 Å². The fraction of sp³-hybridized carbons (Fsp3) is 0.692. The molecule has 5 heteroatoms. The summed E-state index contributed by atoms with van der Waals surface area (Å²) in [6.45, 7) is 1.64. The van der Waals surface area contributed by atoms with E-state index in [0.717, 1.165) is 44.5 Å². The highest BCUT2D eigenvalue weighted by Gasteiger charge is 2.29. The van der Waals surface area contributed by atoms with Gasteiger partial charge in [0, 0.05) is 18.7 Å². The van der Waals surface area contributed by atoms with Crippen LogP contribution in [0.1, 0.15) is 32.1 Å². The summed E-state index contributed by atoms with van der Waals surface area (Å²) in [6, 6.07) is 0. The zero-order valence-electron chi connectivity index (χ0n) is 10.5. The van der Waals surface area contributed by atoms with Crippen molar-refractivity contribution >= 4 is 11.6 Å². The van der Waals surface area contributed by atoms with E-state index >= 15 is 0 Å². The summed E-state index contributed by atoms with van der Waals surface area (Å²) in [5, 5.41) is 7.16. The summed E-state index contributed by atoms with van der Waals surface area (Å²) < 4.78 is 7.53. The molecule has 98 valence electrons. The van der Waals surface area contributed by atoms with Gasteiger partial charge in [-0.1, -0.05) is 0 Å². The highest BCUT2D eigenvalue weighted by molar-refractivity contribution is 5.93. The molecule has 1 saturated carbocycles. The lowest BCUT2D eigenvalue weighted by Gasteiger charge is -2.22. The maximum absolute atomic E-state index is 11.6. The van der Waals surface area contributed by atoms with Crippen molar-refractivity contribution < 1.29 is 9.53 Å². The molecule has 1 aromatic rings. The maximum atomic E-state index is 11.6. The highest BCUT2D eigenvalue weighted by Crippen LogP contribution is 2.30. The summed E-state index contributed by atoms with van der Waals surface area (Å²) in [4.78, 5) is 11.6. The summed E-state index contributed by atoms with van der Waals surface area (Å²) in [6.07, 6.45) is 9.41. The van der Waals surface area contributed by atoms with Gasteiger partial charge in [0.1, 0.15) is 0 Å². The molecule has 2 fully saturated rings. The molecule has 1 N–H and O–H groups in total. The Hall–Kier alpha value is -1.36. The van der Waals surface area contributed by atoms with E-state index in [-0.39, 0.29) is 17.9 Å². The van der Waals surface area contributed by atoms with E-state index < -0.39 is 0 Å². The second kappa shape index (κ2) is 5.10. The summed E-state index contributed by atoms with van der Waals surface area (Å²) in [7, 11) is 0. The van der Waals surface area contributed by atoms with Gasteiger partial charge < -0.3 is 10.1 Å². The Morgan fingerprint density at radius 1 is 1.44 bits per heavy atom. The molecule has 1 amide bonds. The molecule has 3 rings (SSSR count). The first-order valence-electron chi connectivity index (χ1n) is 6.76. The molecule has 0 aromatic carbocycles. The Bertz CT molecular complexity index is 420. The molecule has 1 atom stereocenters. The SMILES string of the molecule is O=C(Nc1cnn(C[C@H]2CCCCO2)c1)C1CC1. The quantitative estimate of drug-likeness (QED) is 0.885. The van der Waals surface area contributed by atoms with Crippen molar-refractivity contribution in [1.29, 1.82) is 0 Å². The third-order valence-electron chi connectivity index (χ3n) is 3.51. The average Bonchev–Trinajstić information content (AvgIpc) is 3.15. The van der Waals surface area contributed by atoms with Crippen LogP contribution in [-0.2, 0) is 16.1 Å². The van der Waals surface area contributed by atoms with E-state index in [2.05, 4.69) is 10.4 Å². The molecule has 1 saturated heterocycles. The first-order chi connectivity index (χ1) is 8.81. The van der Waals surface area contributed by atoms with E-state index in [1.54, 1.807) is 6.20 Å². The Labute approximate surface area is 107 Å². The molecule has 1 aromatic heterocycles. The minimum Gasteiger partial charge on any atom is -0.376 e. The zero-order chi connectivity index (χ0) is 12.4. The molecule has 5 nitrogen and oxygen atoms in total. The maximum Gasteiger partial charge on any atom is 0.227 e. The number of rotatable bonds is 4. The minimum atomic E-state index is 0.128. The monoisotopic (exact) mass is 249 g/mol. The van der Waals surface area contributed by atoms with Crippen LogP contribution in [0.3, 0.4) is 0 Å². The van der Waals surface area contributed by atoms with E-state index in [0.29, 0.717) is 0 Å². The molecule has 1 aliphatic heterocycles. The molecular formula is C13H19N3O2. The first-order valence-corrected chi connectivity index (χ1v) is 6.76. The number of amides is 1. The van der Waals surface area contributed by atoms with Gasteiger partial charge in [0.15, 0.2) is 0 Å². The van der Waals surface area contributed by atoms with Crippen molar-refractivity contribution in [3.63, 3.8) is 0 Å². The molecule has 0 unspecified atom stereocenters. The second-order valence-corrected chi connectivity index (χ2v) is 5.20. The number of aromatic nitrogens is 2. The topological polar surface area (TPSA) is 56.2 Å². The summed E-state index contributed by atoms with van der Waals surface area (Å²) >= 11 is 0. The number of carbonyl (C=O) groups excluding carboxylic acids is 1. The van der Waals surface area contributed by atoms with Crippen LogP contribution in [0.5, 0.6) is 0 Å². The predicted molar refractivity (Wildman–Crippen MR) is 67.2 cm³/mol. The molecular weight excluding hydrogens is 230 g/mol. The fourth-order valence-electron chi connectivity index (χ4n) is 2.28. The third-order valence-corrected chi connectivity index (χ3v) is 3.51. The van der Waals surface area contributed by atoms with Crippen LogP contribution < -0.4 is 5.32 Å². The van der Waals surface area contributed by atoms with Crippen LogP contribution in [0, 0.1) is 5.92 Å². The Balaban J connectivity index is 1.53. The van der Waals surface area contributed by atoms with Crippen molar-refractivity contribution in [2.24, 2.45) is 5.92 Å². The predicted octanol–water partition coefficient (Wildman–Crippen LogP) is 1.80. The highest BCUT2D eigenvalue weighted by atomic mass is 16.5. The fourth-order valence-corrected chi connectivity index (χ4v) is 2.28. The Morgan fingerprint density at radius 2 is 2.33 bits per heavy atom. The number of hydrogen-bond donors (Lipinski definition) is 1. The lowest BCUT2D eigenvalue weighted by atomic mass is 10.1. The van der Waals surface area contributed by atoms with Gasteiger partial charge in [-0.3, -0.25) is 9.48 Å². The van der Waals surface area contributed by atoms with Gasteiger partial charge >= 0.3 is 0 Å². The van der Waals surface area contributed by atoms with Gasteiger partial charge in [-0.25, -0.2) is 0 Å². The number of hydrogen-bond acceptors (Lipinski definition) is 3. The number of anilines is 1. The Kier molecular flexibility index (Phi) is 3.32. The number of ether oxygens (including phenoxy) is 1. The molecule has 0 radical (unpaired) electrons. The van der Waals surface area contributed by atoms with Crippen LogP contribution in [0.4, 0.5) is 5.69 Å². The smallest absolute Gasteiger partial charge is 0.227 e. The summed E-state index contributed by atoms with van der Waals surface area (Å²) in [5.41, 5.74) is 0.794. The van der Waals surface area contributed by atoms with Gasteiger partial charge in [0.05, 0.1) is 24.5 Å². The van der Waals surface area contributed by atoms with Crippen molar-refractivity contribution in [1.82, 2.24) is 9.78 Å². The minimum absolute atomic E-state index is 0.128. The zero-order valence-corrected chi connectivity index (χ0v) is 10.5. The molecule has 0 spiro atoms. The van der Waals surface area contributed by atoms with Crippen LogP contribution >= 0.6 is 0 Å². The largest absolute Gasteiger partial charge is 0.376 e. The van der Waals surface area contributed by atoms with Gasteiger partial charge in [0.2, 0.25) is 5.91 Å². The number of carbonyl (C=O) groups is 1. The van der Waals surface area contributed by atoms with Crippen LogP contribution in [0.15, 0.2) is 12.4 Å². The van der Waals surface area contributed by atoms with E-state index in [1.807, 2.05) is 10.9 Å². The third kappa shape index (κ3) is 2.90. The molecule has 2 heterocycles. The van der Waals surface area contributed by atoms with E-state index in [9.17, 15) is 4.79 Å². The normalized spacial score (nSPS) is 23.9. The number of nitrogens with zero attached hydrogens (tertiary/aromatic N) is 2. The van der Waals surface area contributed by atoms with Crippen molar-refractivity contribution in [3.8, 4) is 0 Å². The van der Waals surface area contributed by atoms with Gasteiger partial charge in [-0.15, -0.1) is 0 Å². The van der Waals surface area contributed by atoms with Crippen molar-refractivity contribution in [2.45, 2.75) is 44.8 Å². The molecule has 18 heavy (non-hydrogen) atoms. The Morgan fingerprint density at radius 3 is 3.06 bits per heavy atom. The van der Waals surface area contributed by atoms with Crippen molar-refractivity contribution in [2.75, 3.05) is 11.9 Å². The second-order valence-electron chi connectivity index (χ2n) is 5.20. The average molecular weight is 249 g/mol. The first kappa shape index (κ1) is 11.7. The van der Waals surface area contributed by atoms with Crippen molar-refractivity contribution in [3.05, 3.63) is 12.4 Å².